The summed E-state index contributed by atoms with van der Waals surface area (Å²) in [6, 6.07) is 10.1. The van der Waals surface area contributed by atoms with E-state index in [1.807, 2.05) is 41.2 Å². The van der Waals surface area contributed by atoms with Crippen LogP contribution in [-0.4, -0.2) is 27.5 Å². The van der Waals surface area contributed by atoms with E-state index in [2.05, 4.69) is 35.0 Å². The van der Waals surface area contributed by atoms with E-state index < -0.39 is 0 Å². The summed E-state index contributed by atoms with van der Waals surface area (Å²) < 4.78 is 1.94. The first-order valence-corrected chi connectivity index (χ1v) is 7.20. The van der Waals surface area contributed by atoms with Crippen LogP contribution in [0.4, 0.5) is 0 Å². The third-order valence-electron chi connectivity index (χ3n) is 3.44. The zero-order valence-electron chi connectivity index (χ0n) is 12.9. The maximum Gasteiger partial charge on any atom is 0.186 e. The molecule has 0 unspecified atom stereocenters. The van der Waals surface area contributed by atoms with Crippen molar-refractivity contribution >= 4 is 16.7 Å². The summed E-state index contributed by atoms with van der Waals surface area (Å²) in [7, 11) is 1.54. The number of imidazole rings is 1. The van der Waals surface area contributed by atoms with Crippen molar-refractivity contribution in [2.75, 3.05) is 7.11 Å². The molecular weight excluding hydrogens is 276 g/mol. The number of hydrogen-bond donors (Lipinski definition) is 0. The molecule has 0 saturated carbocycles. The van der Waals surface area contributed by atoms with Crippen molar-refractivity contribution in [3.63, 3.8) is 0 Å². The van der Waals surface area contributed by atoms with Gasteiger partial charge in [0.1, 0.15) is 12.9 Å². The Balaban J connectivity index is 2.14. The average molecular weight is 294 g/mol. The summed E-state index contributed by atoms with van der Waals surface area (Å²) in [6.45, 7) is 4.20. The van der Waals surface area contributed by atoms with E-state index in [0.717, 1.165) is 22.3 Å². The van der Waals surface area contributed by atoms with Crippen molar-refractivity contribution in [2.45, 2.75) is 19.8 Å². The van der Waals surface area contributed by atoms with Crippen LogP contribution in [0.3, 0.4) is 0 Å². The lowest BCUT2D eigenvalue weighted by molar-refractivity contribution is 0.212. The van der Waals surface area contributed by atoms with Crippen LogP contribution >= 0.6 is 0 Å². The highest BCUT2D eigenvalue weighted by atomic mass is 16.6. The number of rotatable bonds is 3. The minimum Gasteiger partial charge on any atom is -0.397 e. The second-order valence-corrected chi connectivity index (χ2v) is 5.32. The number of oxime groups is 1. The van der Waals surface area contributed by atoms with Gasteiger partial charge >= 0.3 is 0 Å². The molecule has 5 heteroatoms. The van der Waals surface area contributed by atoms with Crippen LogP contribution in [0.2, 0.25) is 0 Å². The quantitative estimate of drug-likeness (QED) is 0.422. The second kappa shape index (κ2) is 5.97. The van der Waals surface area contributed by atoms with Gasteiger partial charge in [0.15, 0.2) is 5.84 Å². The Labute approximate surface area is 129 Å². The van der Waals surface area contributed by atoms with Gasteiger partial charge < -0.3 is 4.84 Å². The van der Waals surface area contributed by atoms with Crippen LogP contribution in [0.15, 0.2) is 54.1 Å². The van der Waals surface area contributed by atoms with Crippen molar-refractivity contribution in [1.82, 2.24) is 14.5 Å². The molecule has 0 radical (unpaired) electrons. The third-order valence-corrected chi connectivity index (χ3v) is 3.44. The Hall–Kier alpha value is -2.69. The largest absolute Gasteiger partial charge is 0.397 e. The summed E-state index contributed by atoms with van der Waals surface area (Å²) in [5, 5.41) is 5.25. The fourth-order valence-electron chi connectivity index (χ4n) is 2.44. The third kappa shape index (κ3) is 2.57. The maximum absolute atomic E-state index is 5.04. The molecular formula is C17H18N4O. The molecule has 3 aromatic rings. The summed E-state index contributed by atoms with van der Waals surface area (Å²) in [5.74, 6) is 1.90. The molecule has 0 fully saturated rings. The van der Waals surface area contributed by atoms with Crippen molar-refractivity contribution in [3.05, 3.63) is 60.3 Å². The van der Waals surface area contributed by atoms with Gasteiger partial charge in [0.05, 0.1) is 5.52 Å². The molecule has 0 amide bonds. The van der Waals surface area contributed by atoms with Crippen LogP contribution in [-0.2, 0) is 4.84 Å². The van der Waals surface area contributed by atoms with Gasteiger partial charge in [-0.25, -0.2) is 4.98 Å². The smallest absolute Gasteiger partial charge is 0.186 e. The first kappa shape index (κ1) is 14.3. The zero-order chi connectivity index (χ0) is 15.5. The van der Waals surface area contributed by atoms with Gasteiger partial charge in [0.2, 0.25) is 0 Å². The molecule has 0 aliphatic carbocycles. The van der Waals surface area contributed by atoms with E-state index in [4.69, 9.17) is 4.84 Å². The molecule has 3 rings (SSSR count). The Kier molecular flexibility index (Phi) is 3.87. The van der Waals surface area contributed by atoms with Crippen LogP contribution in [0.1, 0.15) is 31.2 Å². The summed E-state index contributed by atoms with van der Waals surface area (Å²) in [4.78, 5) is 14.0. The van der Waals surface area contributed by atoms with Crippen molar-refractivity contribution in [1.29, 1.82) is 0 Å². The predicted octanol–water partition coefficient (Wildman–Crippen LogP) is 3.41. The average Bonchev–Trinajstić information content (AvgIpc) is 3.01. The van der Waals surface area contributed by atoms with Gasteiger partial charge in [-0.1, -0.05) is 37.2 Å². The van der Waals surface area contributed by atoms with Crippen LogP contribution in [0, 0.1) is 0 Å². The van der Waals surface area contributed by atoms with Crippen LogP contribution in [0.25, 0.3) is 10.9 Å². The molecule has 5 nitrogen and oxygen atoms in total. The number of fused-ring (bicyclic) bond motifs is 1. The molecule has 0 atom stereocenters. The lowest BCUT2D eigenvalue weighted by Gasteiger charge is -2.12. The highest BCUT2D eigenvalue weighted by Crippen LogP contribution is 2.17. The first-order chi connectivity index (χ1) is 10.7. The van der Waals surface area contributed by atoms with Crippen LogP contribution in [0.5, 0.6) is 0 Å². The van der Waals surface area contributed by atoms with Gasteiger partial charge in [0.25, 0.3) is 0 Å². The highest BCUT2D eigenvalue weighted by Gasteiger charge is 2.15. The van der Waals surface area contributed by atoms with Gasteiger partial charge in [-0.3, -0.25) is 9.55 Å². The van der Waals surface area contributed by atoms with Crippen LogP contribution < -0.4 is 0 Å². The summed E-state index contributed by atoms with van der Waals surface area (Å²) >= 11 is 0. The minimum atomic E-state index is 0.283. The van der Waals surface area contributed by atoms with E-state index in [9.17, 15) is 0 Å². The normalized spacial score (nSPS) is 12.1. The second-order valence-electron chi connectivity index (χ2n) is 5.32. The standard InChI is InChI=1S/C17H18N4O/c1-12(2)16-18-8-9-21(16)17(20-22-3)14-10-13-6-4-5-7-15(13)19-11-14/h4-12H,1-3H3. The number of nitrogens with zero attached hydrogens (tertiary/aromatic N) is 4. The summed E-state index contributed by atoms with van der Waals surface area (Å²) in [6.07, 6.45) is 5.47. The molecule has 2 aromatic heterocycles. The minimum absolute atomic E-state index is 0.283. The number of pyridine rings is 1. The number of hydrogen-bond acceptors (Lipinski definition) is 4. The molecule has 0 bridgehead atoms. The van der Waals surface area contributed by atoms with Gasteiger partial charge in [-0.05, 0) is 12.1 Å². The van der Waals surface area contributed by atoms with Gasteiger partial charge in [-0.2, -0.15) is 0 Å². The Morgan fingerprint density at radius 2 is 2.05 bits per heavy atom. The van der Waals surface area contributed by atoms with Crippen molar-refractivity contribution < 1.29 is 4.84 Å². The Morgan fingerprint density at radius 3 is 2.82 bits per heavy atom. The lowest BCUT2D eigenvalue weighted by Crippen LogP contribution is -2.17. The van der Waals surface area contributed by atoms with Gasteiger partial charge in [-0.15, -0.1) is 0 Å². The SMILES string of the molecule is CON=C(c1cnc2ccccc2c1)n1ccnc1C(C)C. The van der Waals surface area contributed by atoms with Crippen molar-refractivity contribution in [2.24, 2.45) is 5.16 Å². The molecule has 0 N–H and O–H groups in total. The molecule has 0 aliphatic heterocycles. The zero-order valence-corrected chi connectivity index (χ0v) is 12.9. The molecule has 2 heterocycles. The Bertz CT molecular complexity index is 820. The van der Waals surface area contributed by atoms with Gasteiger partial charge in [0, 0.05) is 35.5 Å². The number of para-hydroxylation sites is 1. The molecule has 112 valence electrons. The molecule has 22 heavy (non-hydrogen) atoms. The topological polar surface area (TPSA) is 52.3 Å². The molecule has 0 aliphatic rings. The molecule has 0 spiro atoms. The fourth-order valence-corrected chi connectivity index (χ4v) is 2.44. The van der Waals surface area contributed by atoms with Crippen molar-refractivity contribution in [3.8, 4) is 0 Å². The van der Waals surface area contributed by atoms with E-state index in [0.29, 0.717) is 5.84 Å². The first-order valence-electron chi connectivity index (χ1n) is 7.20. The summed E-state index contributed by atoms with van der Waals surface area (Å²) in [5.41, 5.74) is 1.85. The molecule has 1 aromatic carbocycles. The van der Waals surface area contributed by atoms with E-state index >= 15 is 0 Å². The molecule has 0 saturated heterocycles. The monoisotopic (exact) mass is 294 g/mol. The highest BCUT2D eigenvalue weighted by molar-refractivity contribution is 6.02. The number of aromatic nitrogens is 3. The predicted molar refractivity (Wildman–Crippen MR) is 87.0 cm³/mol. The van der Waals surface area contributed by atoms with E-state index in [1.54, 1.807) is 13.3 Å². The Morgan fingerprint density at radius 1 is 1.23 bits per heavy atom. The maximum atomic E-state index is 5.04. The number of benzene rings is 1. The van der Waals surface area contributed by atoms with E-state index in [-0.39, 0.29) is 5.92 Å². The van der Waals surface area contributed by atoms with E-state index in [1.165, 1.54) is 0 Å². The fraction of sp³-hybridized carbons (Fsp3) is 0.235. The lowest BCUT2D eigenvalue weighted by atomic mass is 10.1.